The third-order valence-corrected chi connectivity index (χ3v) is 7.56. The summed E-state index contributed by atoms with van der Waals surface area (Å²) in [6.45, 7) is 14.1. The average molecular weight is 566 g/mol. The van der Waals surface area contributed by atoms with Crippen molar-refractivity contribution < 1.29 is 18.7 Å². The maximum absolute atomic E-state index is 15.1. The van der Waals surface area contributed by atoms with Crippen molar-refractivity contribution in [3.63, 3.8) is 0 Å². The number of halogens is 1. The van der Waals surface area contributed by atoms with Crippen molar-refractivity contribution in [2.45, 2.75) is 58.6 Å². The summed E-state index contributed by atoms with van der Waals surface area (Å²) in [6.07, 6.45) is 4.72. The van der Waals surface area contributed by atoms with Crippen molar-refractivity contribution >= 4 is 22.8 Å². The van der Waals surface area contributed by atoms with E-state index in [0.717, 1.165) is 24.8 Å². The molecule has 2 aliphatic heterocycles. The summed E-state index contributed by atoms with van der Waals surface area (Å²) in [7, 11) is 0. The number of allylic oxidation sites excluding steroid dienone is 4. The van der Waals surface area contributed by atoms with Gasteiger partial charge in [-0.05, 0) is 70.7 Å². The minimum Gasteiger partial charge on any atom is -0.444 e. The van der Waals surface area contributed by atoms with Gasteiger partial charge < -0.3 is 15.0 Å². The number of carbonyl (C=O) groups is 2. The molecule has 2 N–H and O–H groups in total. The van der Waals surface area contributed by atoms with E-state index < -0.39 is 17.5 Å². The molecule has 9 nitrogen and oxygen atoms in total. The predicted molar refractivity (Wildman–Crippen MR) is 157 cm³/mol. The number of rotatable bonds is 8. The van der Waals surface area contributed by atoms with Gasteiger partial charge in [-0.1, -0.05) is 30.9 Å². The Bertz CT molecular complexity index is 1420. The summed E-state index contributed by atoms with van der Waals surface area (Å²) in [5, 5.41) is 10.7. The van der Waals surface area contributed by atoms with Crippen LogP contribution in [0.1, 0.15) is 46.2 Å². The molecule has 2 saturated heterocycles. The van der Waals surface area contributed by atoms with Gasteiger partial charge in [0, 0.05) is 49.6 Å². The Hall–Kier alpha value is -3.79. The monoisotopic (exact) mass is 565 g/mol. The van der Waals surface area contributed by atoms with Gasteiger partial charge in [0.25, 0.3) is 11.5 Å². The number of fused-ring (bicyclic) bond motifs is 2. The standard InChI is InChI=1S/C31H40FN5O4/c1-20(17-26-23-10-6-7-11-24(23)28(38)35-34-26)12-13-25(32)21(2)29(39)37-18-22-9-8-15-36(27(22)19-37)16-14-33-30(40)41-31(3,4)5/h6-7,10-13,22,27H,1,8-9,14-19H2,2-5H3,(H,33,40)(H,35,38)/b13-12-,25-21-. The predicted octanol–water partition coefficient (Wildman–Crippen LogP) is 4.27. The number of carbonyl (C=O) groups excluding carboxylic acids is 2. The molecule has 0 aliphatic carbocycles. The zero-order valence-corrected chi connectivity index (χ0v) is 24.3. The van der Waals surface area contributed by atoms with Crippen LogP contribution in [0.2, 0.25) is 0 Å². The van der Waals surface area contributed by atoms with E-state index in [0.29, 0.717) is 55.2 Å². The summed E-state index contributed by atoms with van der Waals surface area (Å²) in [5.41, 5.74) is 0.463. The minimum atomic E-state index is -0.608. The molecule has 2 aromatic rings. The molecule has 0 saturated carbocycles. The molecule has 0 bridgehead atoms. The van der Waals surface area contributed by atoms with Crippen molar-refractivity contribution in [3.8, 4) is 0 Å². The Balaban J connectivity index is 1.34. The highest BCUT2D eigenvalue weighted by molar-refractivity contribution is 5.94. The largest absolute Gasteiger partial charge is 0.444 e. The number of aromatic nitrogens is 2. The number of piperidine rings is 1. The lowest BCUT2D eigenvalue weighted by atomic mass is 9.92. The highest BCUT2D eigenvalue weighted by Gasteiger charge is 2.40. The number of H-pyrrole nitrogens is 1. The van der Waals surface area contributed by atoms with Gasteiger partial charge in [0.1, 0.15) is 11.4 Å². The Labute approximate surface area is 240 Å². The highest BCUT2D eigenvalue weighted by atomic mass is 19.1. The fraction of sp³-hybridized carbons (Fsp3) is 0.484. The number of alkyl carbamates (subject to hydrolysis) is 1. The molecule has 0 radical (unpaired) electrons. The van der Waals surface area contributed by atoms with E-state index in [9.17, 15) is 14.4 Å². The molecular weight excluding hydrogens is 525 g/mol. The number of benzene rings is 1. The van der Waals surface area contributed by atoms with Gasteiger partial charge in [0.15, 0.2) is 0 Å². The Kier molecular flexibility index (Phi) is 9.42. The molecule has 2 atom stereocenters. The highest BCUT2D eigenvalue weighted by Crippen LogP contribution is 2.31. The van der Waals surface area contributed by atoms with Gasteiger partial charge in [0.05, 0.1) is 11.1 Å². The Morgan fingerprint density at radius 1 is 1.22 bits per heavy atom. The maximum Gasteiger partial charge on any atom is 0.407 e. The van der Waals surface area contributed by atoms with Crippen LogP contribution in [0.4, 0.5) is 9.18 Å². The fourth-order valence-electron chi connectivity index (χ4n) is 5.57. The molecular formula is C31H40FN5O4. The van der Waals surface area contributed by atoms with Crippen molar-refractivity contribution in [1.29, 1.82) is 0 Å². The van der Waals surface area contributed by atoms with Crippen molar-refractivity contribution in [1.82, 2.24) is 25.3 Å². The molecule has 2 fully saturated rings. The molecule has 4 rings (SSSR count). The first-order valence-electron chi connectivity index (χ1n) is 14.1. The number of ether oxygens (including phenoxy) is 1. The SMILES string of the molecule is C=C(/C=C\C(F)=C(/C)C(=O)N1CC2CCCN(CCNC(=O)OC(C)(C)C)C2C1)Cc1n[nH]c(=O)c2ccccc12. The third-order valence-electron chi connectivity index (χ3n) is 7.56. The first-order chi connectivity index (χ1) is 19.4. The van der Waals surface area contributed by atoms with E-state index in [2.05, 4.69) is 27.0 Å². The quantitative estimate of drug-likeness (QED) is 0.366. The minimum absolute atomic E-state index is 0.0541. The van der Waals surface area contributed by atoms with Crippen molar-refractivity contribution in [3.05, 3.63) is 76.0 Å². The van der Waals surface area contributed by atoms with E-state index in [1.165, 1.54) is 19.1 Å². The number of nitrogens with one attached hydrogen (secondary N) is 2. The maximum atomic E-state index is 15.1. The number of likely N-dealkylation sites (tertiary alicyclic amines) is 2. The summed E-state index contributed by atoms with van der Waals surface area (Å²) in [5.74, 6) is -0.601. The van der Waals surface area contributed by atoms with E-state index in [4.69, 9.17) is 4.74 Å². The molecule has 2 unspecified atom stereocenters. The van der Waals surface area contributed by atoms with Crippen LogP contribution in [0.25, 0.3) is 10.8 Å². The first kappa shape index (κ1) is 30.2. The molecule has 3 heterocycles. The molecule has 2 amide bonds. The average Bonchev–Trinajstić information content (AvgIpc) is 3.37. The summed E-state index contributed by atoms with van der Waals surface area (Å²) in [4.78, 5) is 41.3. The van der Waals surface area contributed by atoms with Gasteiger partial charge >= 0.3 is 6.09 Å². The van der Waals surface area contributed by atoms with Crippen LogP contribution in [0, 0.1) is 5.92 Å². The molecule has 1 aromatic carbocycles. The van der Waals surface area contributed by atoms with Gasteiger partial charge in [-0.25, -0.2) is 14.3 Å². The smallest absolute Gasteiger partial charge is 0.407 e. The lowest BCUT2D eigenvalue weighted by Gasteiger charge is -2.36. The van der Waals surface area contributed by atoms with E-state index in [1.807, 2.05) is 32.9 Å². The lowest BCUT2D eigenvalue weighted by Crippen LogP contribution is -2.48. The van der Waals surface area contributed by atoms with Crippen molar-refractivity contribution in [2.24, 2.45) is 5.92 Å². The first-order valence-corrected chi connectivity index (χ1v) is 14.1. The van der Waals surface area contributed by atoms with Gasteiger partial charge in [-0.2, -0.15) is 5.10 Å². The summed E-state index contributed by atoms with van der Waals surface area (Å²) in [6, 6.07) is 7.34. The molecule has 41 heavy (non-hydrogen) atoms. The zero-order chi connectivity index (χ0) is 29.7. The molecule has 2 aliphatic rings. The molecule has 220 valence electrons. The second-order valence-electron chi connectivity index (χ2n) is 11.8. The van der Waals surface area contributed by atoms with Crippen LogP contribution in [-0.4, -0.2) is 76.4 Å². The van der Waals surface area contributed by atoms with E-state index >= 15 is 4.39 Å². The number of aromatic amines is 1. The van der Waals surface area contributed by atoms with Gasteiger partial charge in [-0.15, -0.1) is 0 Å². The molecule has 10 heteroatoms. The summed E-state index contributed by atoms with van der Waals surface area (Å²) < 4.78 is 20.4. The third kappa shape index (κ3) is 7.70. The van der Waals surface area contributed by atoms with E-state index in [1.54, 1.807) is 17.0 Å². The number of amides is 2. The Morgan fingerprint density at radius 3 is 2.68 bits per heavy atom. The summed E-state index contributed by atoms with van der Waals surface area (Å²) >= 11 is 0. The number of nitrogens with zero attached hydrogens (tertiary/aromatic N) is 3. The normalized spacial score (nSPS) is 20.2. The van der Waals surface area contributed by atoms with Crippen LogP contribution in [0.3, 0.4) is 0 Å². The number of hydrogen-bond donors (Lipinski definition) is 2. The van der Waals surface area contributed by atoms with Crippen LogP contribution >= 0.6 is 0 Å². The second-order valence-corrected chi connectivity index (χ2v) is 11.8. The fourth-order valence-corrected chi connectivity index (χ4v) is 5.57. The van der Waals surface area contributed by atoms with Crippen LogP contribution in [0.15, 0.2) is 64.8 Å². The number of hydrogen-bond acceptors (Lipinski definition) is 6. The van der Waals surface area contributed by atoms with Crippen LogP contribution < -0.4 is 10.9 Å². The molecule has 1 aromatic heterocycles. The second kappa shape index (κ2) is 12.8. The topological polar surface area (TPSA) is 108 Å². The lowest BCUT2D eigenvalue weighted by molar-refractivity contribution is -0.126. The van der Waals surface area contributed by atoms with Crippen molar-refractivity contribution in [2.75, 3.05) is 32.7 Å². The Morgan fingerprint density at radius 2 is 1.95 bits per heavy atom. The van der Waals surface area contributed by atoms with Crippen LogP contribution in [-0.2, 0) is 16.0 Å². The zero-order valence-electron chi connectivity index (χ0n) is 24.3. The van der Waals surface area contributed by atoms with Gasteiger partial charge in [-0.3, -0.25) is 14.5 Å². The van der Waals surface area contributed by atoms with Crippen LogP contribution in [0.5, 0.6) is 0 Å². The van der Waals surface area contributed by atoms with Gasteiger partial charge in [0.2, 0.25) is 0 Å². The van der Waals surface area contributed by atoms with E-state index in [-0.39, 0.29) is 23.1 Å². The molecule has 0 spiro atoms.